The van der Waals surface area contributed by atoms with Gasteiger partial charge in [0.15, 0.2) is 0 Å². The van der Waals surface area contributed by atoms with Crippen molar-refractivity contribution in [2.45, 2.75) is 12.5 Å². The normalized spacial score (nSPS) is 11.9. The van der Waals surface area contributed by atoms with Gasteiger partial charge in [0.1, 0.15) is 5.75 Å². The molecule has 2 N–H and O–H groups in total. The molecular formula is C16H19NO2. The molecule has 0 heterocycles. The van der Waals surface area contributed by atoms with Gasteiger partial charge in [0, 0.05) is 0 Å². The molecule has 2 aromatic rings. The van der Waals surface area contributed by atoms with Crippen LogP contribution in [0.4, 0.5) is 5.69 Å². The van der Waals surface area contributed by atoms with Crippen molar-refractivity contribution in [3.8, 4) is 5.75 Å². The van der Waals surface area contributed by atoms with Crippen LogP contribution >= 0.6 is 0 Å². The number of aliphatic hydroxyl groups is 1. The lowest BCUT2D eigenvalue weighted by Gasteiger charge is -2.19. The second-order valence-electron chi connectivity index (χ2n) is 4.41. The second-order valence-corrected chi connectivity index (χ2v) is 4.41. The van der Waals surface area contributed by atoms with E-state index in [0.717, 1.165) is 17.9 Å². The maximum Gasteiger partial charge on any atom is 0.141 e. The molecule has 0 amide bonds. The summed E-state index contributed by atoms with van der Waals surface area (Å²) in [6.45, 7) is 0.0763. The Bertz CT molecular complexity index is 499. The van der Waals surface area contributed by atoms with E-state index in [4.69, 9.17) is 4.74 Å². The van der Waals surface area contributed by atoms with Gasteiger partial charge in [-0.25, -0.2) is 0 Å². The first kappa shape index (κ1) is 13.4. The first-order valence-corrected chi connectivity index (χ1v) is 6.38. The highest BCUT2D eigenvalue weighted by molar-refractivity contribution is 5.56. The molecule has 0 aliphatic heterocycles. The Kier molecular flexibility index (Phi) is 4.81. The number of hydrogen-bond donors (Lipinski definition) is 2. The zero-order valence-corrected chi connectivity index (χ0v) is 11.0. The summed E-state index contributed by atoms with van der Waals surface area (Å²) in [4.78, 5) is 0. The van der Waals surface area contributed by atoms with Crippen molar-refractivity contribution in [1.29, 1.82) is 0 Å². The highest BCUT2D eigenvalue weighted by atomic mass is 16.5. The van der Waals surface area contributed by atoms with Crippen molar-refractivity contribution in [1.82, 2.24) is 0 Å². The number of rotatable bonds is 6. The first-order valence-electron chi connectivity index (χ1n) is 6.38. The molecule has 100 valence electrons. The summed E-state index contributed by atoms with van der Waals surface area (Å²) in [7, 11) is 1.64. The largest absolute Gasteiger partial charge is 0.495 e. The lowest BCUT2D eigenvalue weighted by Crippen LogP contribution is -2.26. The molecule has 0 aliphatic rings. The third-order valence-corrected chi connectivity index (χ3v) is 3.01. The first-order chi connectivity index (χ1) is 9.33. The Morgan fingerprint density at radius 1 is 1.05 bits per heavy atom. The second kappa shape index (κ2) is 6.81. The third kappa shape index (κ3) is 3.73. The molecule has 0 spiro atoms. The Morgan fingerprint density at radius 2 is 1.74 bits per heavy atom. The Morgan fingerprint density at radius 3 is 2.42 bits per heavy atom. The number of nitrogens with one attached hydrogen (secondary N) is 1. The number of benzene rings is 2. The van der Waals surface area contributed by atoms with Gasteiger partial charge in [-0.1, -0.05) is 42.5 Å². The van der Waals surface area contributed by atoms with E-state index in [1.54, 1.807) is 7.11 Å². The smallest absolute Gasteiger partial charge is 0.141 e. The fourth-order valence-electron chi connectivity index (χ4n) is 2.04. The monoisotopic (exact) mass is 257 g/mol. The van der Waals surface area contributed by atoms with Crippen LogP contribution in [0.3, 0.4) is 0 Å². The van der Waals surface area contributed by atoms with Crippen molar-refractivity contribution in [2.75, 3.05) is 19.0 Å². The van der Waals surface area contributed by atoms with Crippen LogP contribution in [-0.4, -0.2) is 24.9 Å². The predicted octanol–water partition coefficient (Wildman–Crippen LogP) is 2.71. The Hall–Kier alpha value is -2.00. The van der Waals surface area contributed by atoms with Crippen molar-refractivity contribution in [3.05, 3.63) is 60.2 Å². The summed E-state index contributed by atoms with van der Waals surface area (Å²) in [6, 6.07) is 17.8. The van der Waals surface area contributed by atoms with Crippen molar-refractivity contribution in [3.63, 3.8) is 0 Å². The molecule has 0 radical (unpaired) electrons. The molecule has 0 bridgehead atoms. The van der Waals surface area contributed by atoms with Gasteiger partial charge in [0.2, 0.25) is 0 Å². The highest BCUT2D eigenvalue weighted by Crippen LogP contribution is 2.24. The molecule has 0 saturated carbocycles. The quantitative estimate of drug-likeness (QED) is 0.836. The lowest BCUT2D eigenvalue weighted by atomic mass is 10.1. The SMILES string of the molecule is COc1ccccc1NC(CO)Cc1ccccc1. The topological polar surface area (TPSA) is 41.5 Å². The minimum atomic E-state index is -0.0290. The minimum absolute atomic E-state index is 0.0290. The summed E-state index contributed by atoms with van der Waals surface area (Å²) in [6.07, 6.45) is 0.773. The Balaban J connectivity index is 2.07. The molecule has 3 heteroatoms. The van der Waals surface area contributed by atoms with E-state index in [1.807, 2.05) is 42.5 Å². The van der Waals surface area contributed by atoms with E-state index in [-0.39, 0.29) is 12.6 Å². The van der Waals surface area contributed by atoms with Crippen LogP contribution < -0.4 is 10.1 Å². The number of aliphatic hydroxyl groups excluding tert-OH is 1. The molecule has 19 heavy (non-hydrogen) atoms. The maximum atomic E-state index is 9.51. The van der Waals surface area contributed by atoms with Crippen LogP contribution in [-0.2, 0) is 6.42 Å². The van der Waals surface area contributed by atoms with Crippen LogP contribution in [0.2, 0.25) is 0 Å². The maximum absolute atomic E-state index is 9.51. The van der Waals surface area contributed by atoms with E-state index >= 15 is 0 Å². The van der Waals surface area contributed by atoms with Crippen LogP contribution in [0.5, 0.6) is 5.75 Å². The Labute approximate surface area is 113 Å². The molecule has 2 rings (SSSR count). The van der Waals surface area contributed by atoms with Crippen molar-refractivity contribution in [2.24, 2.45) is 0 Å². The number of para-hydroxylation sites is 2. The molecule has 0 fully saturated rings. The van der Waals surface area contributed by atoms with Gasteiger partial charge in [-0.3, -0.25) is 0 Å². The molecule has 0 aromatic heterocycles. The van der Waals surface area contributed by atoms with Gasteiger partial charge >= 0.3 is 0 Å². The van der Waals surface area contributed by atoms with Gasteiger partial charge in [0.25, 0.3) is 0 Å². The van der Waals surface area contributed by atoms with Crippen LogP contribution in [0, 0.1) is 0 Å². The molecular weight excluding hydrogens is 238 g/mol. The summed E-state index contributed by atoms with van der Waals surface area (Å²) in [5, 5.41) is 12.8. The van der Waals surface area contributed by atoms with E-state index in [2.05, 4.69) is 17.4 Å². The lowest BCUT2D eigenvalue weighted by molar-refractivity contribution is 0.273. The number of anilines is 1. The summed E-state index contributed by atoms with van der Waals surface area (Å²) in [5.41, 5.74) is 2.10. The van der Waals surface area contributed by atoms with E-state index in [9.17, 15) is 5.11 Å². The molecule has 0 aliphatic carbocycles. The molecule has 2 aromatic carbocycles. The zero-order chi connectivity index (χ0) is 13.5. The van der Waals surface area contributed by atoms with Crippen molar-refractivity contribution < 1.29 is 9.84 Å². The molecule has 3 nitrogen and oxygen atoms in total. The third-order valence-electron chi connectivity index (χ3n) is 3.01. The average molecular weight is 257 g/mol. The van der Waals surface area contributed by atoms with E-state index in [1.165, 1.54) is 5.56 Å². The van der Waals surface area contributed by atoms with Crippen LogP contribution in [0.1, 0.15) is 5.56 Å². The fourth-order valence-corrected chi connectivity index (χ4v) is 2.04. The fraction of sp³-hybridized carbons (Fsp3) is 0.250. The van der Waals surface area contributed by atoms with E-state index in [0.29, 0.717) is 0 Å². The van der Waals surface area contributed by atoms with E-state index < -0.39 is 0 Å². The van der Waals surface area contributed by atoms with Crippen molar-refractivity contribution >= 4 is 5.69 Å². The predicted molar refractivity (Wildman–Crippen MR) is 77.6 cm³/mol. The number of ether oxygens (including phenoxy) is 1. The average Bonchev–Trinajstić information content (AvgIpc) is 2.48. The van der Waals surface area contributed by atoms with Gasteiger partial charge < -0.3 is 15.2 Å². The molecule has 0 saturated heterocycles. The molecule has 1 atom stereocenters. The summed E-state index contributed by atoms with van der Waals surface area (Å²) < 4.78 is 5.30. The minimum Gasteiger partial charge on any atom is -0.495 e. The van der Waals surface area contributed by atoms with Crippen LogP contribution in [0.25, 0.3) is 0 Å². The van der Waals surface area contributed by atoms with Gasteiger partial charge in [0.05, 0.1) is 25.4 Å². The van der Waals surface area contributed by atoms with Crippen LogP contribution in [0.15, 0.2) is 54.6 Å². The van der Waals surface area contributed by atoms with Gasteiger partial charge in [-0.05, 0) is 24.1 Å². The standard InChI is InChI=1S/C16H19NO2/c1-19-16-10-6-5-9-15(16)17-14(12-18)11-13-7-3-2-4-8-13/h2-10,14,17-18H,11-12H2,1H3. The zero-order valence-electron chi connectivity index (χ0n) is 11.0. The summed E-state index contributed by atoms with van der Waals surface area (Å²) >= 11 is 0. The van der Waals surface area contributed by atoms with Gasteiger partial charge in [-0.15, -0.1) is 0 Å². The number of methoxy groups -OCH3 is 1. The highest BCUT2D eigenvalue weighted by Gasteiger charge is 2.10. The number of hydrogen-bond acceptors (Lipinski definition) is 3. The summed E-state index contributed by atoms with van der Waals surface area (Å²) in [5.74, 6) is 0.786. The van der Waals surface area contributed by atoms with Gasteiger partial charge in [-0.2, -0.15) is 0 Å². The molecule has 1 unspecified atom stereocenters.